The van der Waals surface area contributed by atoms with Gasteiger partial charge in [-0.25, -0.2) is 0 Å². The molecule has 1 heteroatoms. The van der Waals surface area contributed by atoms with Crippen molar-refractivity contribution in [2.75, 3.05) is 6.61 Å². The van der Waals surface area contributed by atoms with Crippen LogP contribution in [0.25, 0.3) is 0 Å². The molecule has 114 valence electrons. The highest BCUT2D eigenvalue weighted by molar-refractivity contribution is 4.90. The van der Waals surface area contributed by atoms with Crippen LogP contribution in [-0.4, -0.2) is 12.7 Å². The van der Waals surface area contributed by atoms with Crippen molar-refractivity contribution in [3.05, 3.63) is 24.8 Å². The van der Waals surface area contributed by atoms with Crippen molar-refractivity contribution in [2.24, 2.45) is 17.8 Å². The van der Waals surface area contributed by atoms with Crippen LogP contribution in [0, 0.1) is 17.8 Å². The molecule has 0 aromatic rings. The van der Waals surface area contributed by atoms with Crippen molar-refractivity contribution in [1.29, 1.82) is 0 Å². The average molecular weight is 276 g/mol. The molecular formula is C19H32O. The molecule has 0 heterocycles. The van der Waals surface area contributed by atoms with Gasteiger partial charge in [-0.1, -0.05) is 18.2 Å². The second-order valence-corrected chi connectivity index (χ2v) is 6.69. The van der Waals surface area contributed by atoms with Crippen LogP contribution in [0.2, 0.25) is 0 Å². The number of ether oxygens (including phenoxy) is 1. The predicted octanol–water partition coefficient (Wildman–Crippen LogP) is 5.52. The van der Waals surface area contributed by atoms with Crippen molar-refractivity contribution >= 4 is 0 Å². The highest BCUT2D eigenvalue weighted by atomic mass is 16.5. The number of hydrogen-bond acceptors (Lipinski definition) is 1. The maximum absolute atomic E-state index is 5.93. The average Bonchev–Trinajstić information content (AvgIpc) is 2.49. The fourth-order valence-corrected chi connectivity index (χ4v) is 4.13. The van der Waals surface area contributed by atoms with Crippen LogP contribution in [-0.2, 0) is 4.74 Å². The van der Waals surface area contributed by atoms with Gasteiger partial charge in [0.1, 0.15) is 0 Å². The maximum atomic E-state index is 5.93. The highest BCUT2D eigenvalue weighted by Gasteiger charge is 2.30. The minimum Gasteiger partial charge on any atom is -0.378 e. The Hall–Kier alpha value is -0.560. The molecule has 1 nitrogen and oxygen atoms in total. The zero-order chi connectivity index (χ0) is 14.2. The van der Waals surface area contributed by atoms with E-state index in [9.17, 15) is 0 Å². The van der Waals surface area contributed by atoms with E-state index in [1.165, 1.54) is 51.4 Å². The molecule has 2 rings (SSSR count). The standard InChI is InChI=1S/C19H32O/c1-3-5-15-20-19-13-11-18(12-14-19)17-9-7-16(6-4-2)8-10-17/h3-4,6,16-19H,1,5,7-15H2,2H3/b6-4+/t16-,17-,18?,19?. The lowest BCUT2D eigenvalue weighted by molar-refractivity contribution is 0.00985. The fraction of sp³-hybridized carbons (Fsp3) is 0.789. The Kier molecular flexibility index (Phi) is 6.86. The van der Waals surface area contributed by atoms with E-state index in [1.54, 1.807) is 0 Å². The van der Waals surface area contributed by atoms with Crippen LogP contribution >= 0.6 is 0 Å². The Labute approximate surface area is 125 Å². The molecule has 2 fully saturated rings. The zero-order valence-electron chi connectivity index (χ0n) is 13.2. The lowest BCUT2D eigenvalue weighted by Crippen LogP contribution is -2.28. The summed E-state index contributed by atoms with van der Waals surface area (Å²) in [6.07, 6.45) is 19.3. The Morgan fingerprint density at radius 2 is 1.55 bits per heavy atom. The summed E-state index contributed by atoms with van der Waals surface area (Å²) in [6, 6.07) is 0. The molecule has 0 N–H and O–H groups in total. The molecule has 0 radical (unpaired) electrons. The first-order valence-corrected chi connectivity index (χ1v) is 8.68. The maximum Gasteiger partial charge on any atom is 0.0575 e. The summed E-state index contributed by atoms with van der Waals surface area (Å²) >= 11 is 0. The molecule has 0 unspecified atom stereocenters. The molecule has 2 aliphatic carbocycles. The third kappa shape index (κ3) is 4.77. The molecular weight excluding hydrogens is 244 g/mol. The Morgan fingerprint density at radius 3 is 2.10 bits per heavy atom. The van der Waals surface area contributed by atoms with E-state index in [0.29, 0.717) is 6.10 Å². The van der Waals surface area contributed by atoms with Crippen LogP contribution in [0.15, 0.2) is 24.8 Å². The molecule has 2 aliphatic rings. The fourth-order valence-electron chi connectivity index (χ4n) is 4.13. The van der Waals surface area contributed by atoms with Crippen molar-refractivity contribution in [3.8, 4) is 0 Å². The normalized spacial score (nSPS) is 35.2. The molecule has 20 heavy (non-hydrogen) atoms. The topological polar surface area (TPSA) is 9.23 Å². The lowest BCUT2D eigenvalue weighted by atomic mass is 9.70. The monoisotopic (exact) mass is 276 g/mol. The summed E-state index contributed by atoms with van der Waals surface area (Å²) in [7, 11) is 0. The van der Waals surface area contributed by atoms with Gasteiger partial charge in [0.05, 0.1) is 12.7 Å². The summed E-state index contributed by atoms with van der Waals surface area (Å²) in [5.41, 5.74) is 0. The Balaban J connectivity index is 1.65. The Bertz CT molecular complexity index is 291. The smallest absolute Gasteiger partial charge is 0.0575 e. The van der Waals surface area contributed by atoms with Gasteiger partial charge in [0, 0.05) is 0 Å². The van der Waals surface area contributed by atoms with Gasteiger partial charge < -0.3 is 4.74 Å². The van der Waals surface area contributed by atoms with E-state index in [4.69, 9.17) is 4.74 Å². The van der Waals surface area contributed by atoms with E-state index in [2.05, 4.69) is 25.7 Å². The van der Waals surface area contributed by atoms with Gasteiger partial charge >= 0.3 is 0 Å². The van der Waals surface area contributed by atoms with Gasteiger partial charge in [-0.15, -0.1) is 6.58 Å². The van der Waals surface area contributed by atoms with Crippen molar-refractivity contribution < 1.29 is 4.74 Å². The van der Waals surface area contributed by atoms with E-state index < -0.39 is 0 Å². The van der Waals surface area contributed by atoms with Gasteiger partial charge in [0.25, 0.3) is 0 Å². The summed E-state index contributed by atoms with van der Waals surface area (Å²) in [5.74, 6) is 2.86. The molecule has 0 amide bonds. The third-order valence-corrected chi connectivity index (χ3v) is 5.34. The molecule has 2 saturated carbocycles. The molecule has 0 aromatic heterocycles. The van der Waals surface area contributed by atoms with Crippen LogP contribution in [0.4, 0.5) is 0 Å². The number of allylic oxidation sites excluding steroid dienone is 2. The van der Waals surface area contributed by atoms with Crippen LogP contribution in [0.1, 0.15) is 64.7 Å². The largest absolute Gasteiger partial charge is 0.378 e. The molecule has 0 aliphatic heterocycles. The first-order chi connectivity index (χ1) is 9.83. The molecule has 0 spiro atoms. The van der Waals surface area contributed by atoms with Gasteiger partial charge in [-0.05, 0) is 82.5 Å². The van der Waals surface area contributed by atoms with Crippen molar-refractivity contribution in [1.82, 2.24) is 0 Å². The number of hydrogen-bond donors (Lipinski definition) is 0. The number of rotatable bonds is 6. The minimum atomic E-state index is 0.533. The minimum absolute atomic E-state index is 0.533. The van der Waals surface area contributed by atoms with Crippen molar-refractivity contribution in [2.45, 2.75) is 70.8 Å². The molecule has 0 saturated heterocycles. The summed E-state index contributed by atoms with van der Waals surface area (Å²) in [6.45, 7) is 6.77. The van der Waals surface area contributed by atoms with E-state index >= 15 is 0 Å². The van der Waals surface area contributed by atoms with E-state index in [0.717, 1.165) is 30.8 Å². The highest BCUT2D eigenvalue weighted by Crippen LogP contribution is 2.40. The molecule has 0 aromatic carbocycles. The predicted molar refractivity (Wildman–Crippen MR) is 86.8 cm³/mol. The molecule has 0 bridgehead atoms. The second-order valence-electron chi connectivity index (χ2n) is 6.69. The summed E-state index contributed by atoms with van der Waals surface area (Å²) < 4.78 is 5.93. The SMILES string of the molecule is C=CCCOC1CCC([C@H]2CC[C@H](/C=C/C)CC2)CC1. The van der Waals surface area contributed by atoms with Crippen LogP contribution in [0.3, 0.4) is 0 Å². The van der Waals surface area contributed by atoms with Gasteiger partial charge in [-0.2, -0.15) is 0 Å². The van der Waals surface area contributed by atoms with Gasteiger partial charge in [0.2, 0.25) is 0 Å². The zero-order valence-corrected chi connectivity index (χ0v) is 13.2. The van der Waals surface area contributed by atoms with Crippen molar-refractivity contribution in [3.63, 3.8) is 0 Å². The first kappa shape index (κ1) is 15.8. The van der Waals surface area contributed by atoms with E-state index in [-0.39, 0.29) is 0 Å². The first-order valence-electron chi connectivity index (χ1n) is 8.68. The van der Waals surface area contributed by atoms with Gasteiger partial charge in [0.15, 0.2) is 0 Å². The van der Waals surface area contributed by atoms with Crippen LogP contribution < -0.4 is 0 Å². The molecule has 0 atom stereocenters. The third-order valence-electron chi connectivity index (χ3n) is 5.34. The summed E-state index contributed by atoms with van der Waals surface area (Å²) in [4.78, 5) is 0. The van der Waals surface area contributed by atoms with E-state index in [1.807, 2.05) is 6.08 Å². The Morgan fingerprint density at radius 1 is 0.950 bits per heavy atom. The van der Waals surface area contributed by atoms with Gasteiger partial charge in [-0.3, -0.25) is 0 Å². The quantitative estimate of drug-likeness (QED) is 0.458. The second kappa shape index (κ2) is 8.67. The summed E-state index contributed by atoms with van der Waals surface area (Å²) in [5, 5.41) is 0. The lowest BCUT2D eigenvalue weighted by Gasteiger charge is -2.37. The van der Waals surface area contributed by atoms with Crippen LogP contribution in [0.5, 0.6) is 0 Å².